The van der Waals surface area contributed by atoms with Gasteiger partial charge in [-0.3, -0.25) is 5.43 Å². The third-order valence-corrected chi connectivity index (χ3v) is 3.00. The van der Waals surface area contributed by atoms with Crippen molar-refractivity contribution in [3.8, 4) is 0 Å². The van der Waals surface area contributed by atoms with E-state index >= 15 is 0 Å². The van der Waals surface area contributed by atoms with Gasteiger partial charge in [0.05, 0.1) is 11.4 Å². The van der Waals surface area contributed by atoms with Crippen LogP contribution in [0.15, 0.2) is 71.8 Å². The van der Waals surface area contributed by atoms with Crippen molar-refractivity contribution in [3.63, 3.8) is 0 Å². The minimum Gasteiger partial charge on any atom is -0.278 e. The molecular formula is C16H14N2. The van der Waals surface area contributed by atoms with Crippen LogP contribution in [0.1, 0.15) is 17.5 Å². The summed E-state index contributed by atoms with van der Waals surface area (Å²) in [5.41, 5.74) is 7.64. The van der Waals surface area contributed by atoms with Crippen molar-refractivity contribution in [3.05, 3.63) is 77.9 Å². The summed E-state index contributed by atoms with van der Waals surface area (Å²) in [6.07, 6.45) is 3.05. The topological polar surface area (TPSA) is 24.4 Å². The molecule has 2 heteroatoms. The predicted molar refractivity (Wildman–Crippen MR) is 75.2 cm³/mol. The summed E-state index contributed by atoms with van der Waals surface area (Å²) in [5.74, 6) is 0. The molecule has 2 aromatic carbocycles. The molecule has 0 amide bonds. The van der Waals surface area contributed by atoms with E-state index < -0.39 is 0 Å². The second kappa shape index (κ2) is 4.88. The molecule has 1 aliphatic heterocycles. The standard InChI is InChI=1S/C16H14N2/c1-3-7-13(8-4-1)15-11-12-16(18-17-15)14-9-5-2-6-10-14/h1-11,17H,12H2. The van der Waals surface area contributed by atoms with Gasteiger partial charge in [0.15, 0.2) is 0 Å². The lowest BCUT2D eigenvalue weighted by Crippen LogP contribution is -2.15. The minimum atomic E-state index is 0.862. The summed E-state index contributed by atoms with van der Waals surface area (Å²) in [6, 6.07) is 20.5. The number of nitrogens with one attached hydrogen (secondary N) is 1. The van der Waals surface area contributed by atoms with E-state index in [-0.39, 0.29) is 0 Å². The third-order valence-electron chi connectivity index (χ3n) is 3.00. The highest BCUT2D eigenvalue weighted by Crippen LogP contribution is 2.17. The normalized spacial score (nSPS) is 14.4. The Hall–Kier alpha value is -2.35. The van der Waals surface area contributed by atoms with Crippen molar-refractivity contribution in [1.29, 1.82) is 0 Å². The summed E-state index contributed by atoms with van der Waals surface area (Å²) in [5, 5.41) is 4.46. The average molecular weight is 234 g/mol. The van der Waals surface area contributed by atoms with Gasteiger partial charge in [-0.25, -0.2) is 0 Å². The highest BCUT2D eigenvalue weighted by atomic mass is 15.3. The monoisotopic (exact) mass is 234 g/mol. The molecule has 18 heavy (non-hydrogen) atoms. The first-order valence-electron chi connectivity index (χ1n) is 6.07. The Kier molecular flexibility index (Phi) is 2.92. The Morgan fingerprint density at radius 1 is 0.778 bits per heavy atom. The van der Waals surface area contributed by atoms with Crippen LogP contribution in [0.3, 0.4) is 0 Å². The number of rotatable bonds is 2. The Labute approximate surface area is 107 Å². The quantitative estimate of drug-likeness (QED) is 0.846. The van der Waals surface area contributed by atoms with Crippen molar-refractivity contribution < 1.29 is 0 Å². The highest BCUT2D eigenvalue weighted by molar-refractivity contribution is 6.03. The summed E-state index contributed by atoms with van der Waals surface area (Å²) in [7, 11) is 0. The van der Waals surface area contributed by atoms with Crippen molar-refractivity contribution in [1.82, 2.24) is 5.43 Å². The Balaban J connectivity index is 1.79. The first kappa shape index (κ1) is 10.8. The average Bonchev–Trinajstić information content (AvgIpc) is 2.49. The van der Waals surface area contributed by atoms with E-state index in [1.165, 1.54) is 11.1 Å². The van der Waals surface area contributed by atoms with Gasteiger partial charge in [-0.2, -0.15) is 5.10 Å². The molecule has 0 aliphatic carbocycles. The number of hydrogen-bond acceptors (Lipinski definition) is 2. The van der Waals surface area contributed by atoms with Gasteiger partial charge >= 0.3 is 0 Å². The molecule has 1 N–H and O–H groups in total. The van der Waals surface area contributed by atoms with Crippen LogP contribution < -0.4 is 5.43 Å². The van der Waals surface area contributed by atoms with Crippen LogP contribution in [0.25, 0.3) is 5.70 Å². The van der Waals surface area contributed by atoms with E-state index in [0.29, 0.717) is 0 Å². The van der Waals surface area contributed by atoms with Crippen LogP contribution >= 0.6 is 0 Å². The first-order valence-corrected chi connectivity index (χ1v) is 6.07. The molecule has 1 heterocycles. The largest absolute Gasteiger partial charge is 0.278 e. The maximum Gasteiger partial charge on any atom is 0.0717 e. The van der Waals surface area contributed by atoms with E-state index in [9.17, 15) is 0 Å². The van der Waals surface area contributed by atoms with Crippen LogP contribution in [0.4, 0.5) is 0 Å². The fraction of sp³-hybridized carbons (Fsp3) is 0.0625. The van der Waals surface area contributed by atoms with E-state index in [1.54, 1.807) is 0 Å². The lowest BCUT2D eigenvalue weighted by Gasteiger charge is -2.15. The van der Waals surface area contributed by atoms with Gasteiger partial charge in [0, 0.05) is 6.42 Å². The van der Waals surface area contributed by atoms with Crippen molar-refractivity contribution in [2.24, 2.45) is 5.10 Å². The van der Waals surface area contributed by atoms with E-state index in [1.807, 2.05) is 36.4 Å². The van der Waals surface area contributed by atoms with Crippen molar-refractivity contribution in [2.75, 3.05) is 0 Å². The molecule has 0 fully saturated rings. The number of nitrogens with zero attached hydrogens (tertiary/aromatic N) is 1. The molecule has 2 aromatic rings. The number of benzene rings is 2. The maximum absolute atomic E-state index is 4.46. The zero-order valence-corrected chi connectivity index (χ0v) is 10.0. The van der Waals surface area contributed by atoms with Gasteiger partial charge in [0.1, 0.15) is 0 Å². The van der Waals surface area contributed by atoms with Crippen LogP contribution in [0.2, 0.25) is 0 Å². The van der Waals surface area contributed by atoms with Crippen molar-refractivity contribution in [2.45, 2.75) is 6.42 Å². The van der Waals surface area contributed by atoms with Gasteiger partial charge < -0.3 is 0 Å². The zero-order valence-electron chi connectivity index (χ0n) is 10.0. The number of hydrazone groups is 1. The fourth-order valence-corrected chi connectivity index (χ4v) is 2.03. The molecule has 0 spiro atoms. The molecule has 88 valence electrons. The highest BCUT2D eigenvalue weighted by Gasteiger charge is 2.09. The third kappa shape index (κ3) is 2.18. The van der Waals surface area contributed by atoms with Crippen LogP contribution in [-0.4, -0.2) is 5.71 Å². The van der Waals surface area contributed by atoms with Gasteiger partial charge in [0.2, 0.25) is 0 Å². The fourth-order valence-electron chi connectivity index (χ4n) is 2.03. The molecule has 3 rings (SSSR count). The molecular weight excluding hydrogens is 220 g/mol. The Bertz CT molecular complexity index is 528. The molecule has 0 unspecified atom stereocenters. The molecule has 2 nitrogen and oxygen atoms in total. The van der Waals surface area contributed by atoms with Crippen LogP contribution in [0, 0.1) is 0 Å². The maximum atomic E-state index is 4.46. The van der Waals surface area contributed by atoms with Gasteiger partial charge in [-0.05, 0) is 11.1 Å². The summed E-state index contributed by atoms with van der Waals surface area (Å²) in [4.78, 5) is 0. The van der Waals surface area contributed by atoms with Gasteiger partial charge in [0.25, 0.3) is 0 Å². The van der Waals surface area contributed by atoms with E-state index in [4.69, 9.17) is 0 Å². The van der Waals surface area contributed by atoms with Gasteiger partial charge in [-0.1, -0.05) is 66.7 Å². The molecule has 0 radical (unpaired) electrons. The lowest BCUT2D eigenvalue weighted by molar-refractivity contribution is 0.958. The molecule has 0 atom stereocenters. The SMILES string of the molecule is C1=C(c2ccccc2)NN=C(c2ccccc2)C1. The summed E-state index contributed by atoms with van der Waals surface area (Å²) < 4.78 is 0. The predicted octanol–water partition coefficient (Wildman–Crippen LogP) is 3.43. The van der Waals surface area contributed by atoms with Gasteiger partial charge in [-0.15, -0.1) is 0 Å². The van der Waals surface area contributed by atoms with E-state index in [0.717, 1.165) is 17.8 Å². The molecule has 0 saturated carbocycles. The minimum absolute atomic E-state index is 0.862. The number of hydrogen-bond donors (Lipinski definition) is 1. The Morgan fingerprint density at radius 2 is 1.39 bits per heavy atom. The molecule has 1 aliphatic rings. The zero-order chi connectivity index (χ0) is 12.2. The van der Waals surface area contributed by atoms with Crippen molar-refractivity contribution >= 4 is 11.4 Å². The van der Waals surface area contributed by atoms with Crippen LogP contribution in [0.5, 0.6) is 0 Å². The lowest BCUT2D eigenvalue weighted by atomic mass is 10.0. The summed E-state index contributed by atoms with van der Waals surface area (Å²) in [6.45, 7) is 0. The Morgan fingerprint density at radius 3 is 1.94 bits per heavy atom. The molecule has 0 saturated heterocycles. The second-order valence-electron chi connectivity index (χ2n) is 4.22. The molecule has 0 aromatic heterocycles. The molecule has 0 bridgehead atoms. The number of allylic oxidation sites excluding steroid dienone is 1. The second-order valence-corrected chi connectivity index (χ2v) is 4.22. The summed E-state index contributed by atoms with van der Waals surface area (Å²) >= 11 is 0. The van der Waals surface area contributed by atoms with E-state index in [2.05, 4.69) is 40.9 Å². The first-order chi connectivity index (χ1) is 8.93. The van der Waals surface area contributed by atoms with Crippen LogP contribution in [-0.2, 0) is 0 Å². The smallest absolute Gasteiger partial charge is 0.0717 e.